The monoisotopic (exact) mass is 419 g/mol. The maximum atomic E-state index is 13.3. The smallest absolute Gasteiger partial charge is 0.291 e. The summed E-state index contributed by atoms with van der Waals surface area (Å²) in [5.74, 6) is -2.66. The van der Waals surface area contributed by atoms with Gasteiger partial charge < -0.3 is 9.73 Å². The third-order valence-corrected chi connectivity index (χ3v) is 5.84. The fourth-order valence-corrected chi connectivity index (χ4v) is 4.31. The van der Waals surface area contributed by atoms with Gasteiger partial charge in [0.2, 0.25) is 0 Å². The molecule has 0 aliphatic rings. The van der Waals surface area contributed by atoms with Crippen LogP contribution in [0.3, 0.4) is 0 Å². The van der Waals surface area contributed by atoms with Gasteiger partial charge in [-0.3, -0.25) is 14.9 Å². The number of nitrogens with one attached hydrogen (secondary N) is 2. The number of amides is 2. The van der Waals surface area contributed by atoms with Gasteiger partial charge in [0.1, 0.15) is 0 Å². The van der Waals surface area contributed by atoms with Gasteiger partial charge >= 0.3 is 0 Å². The topological polar surface area (TPSA) is 84.2 Å². The fraction of sp³-hybridized carbons (Fsp3) is 0.0556. The molecule has 0 fully saturated rings. The summed E-state index contributed by atoms with van der Waals surface area (Å²) >= 11 is 2.13. The van der Waals surface area contributed by atoms with Gasteiger partial charge in [-0.05, 0) is 36.8 Å². The summed E-state index contributed by atoms with van der Waals surface area (Å²) < 4.78 is 32.1. The van der Waals surface area contributed by atoms with Crippen LogP contribution >= 0.6 is 22.7 Å². The Balaban J connectivity index is 1.52. The highest BCUT2D eigenvalue weighted by Crippen LogP contribution is 2.31. The van der Waals surface area contributed by atoms with Crippen molar-refractivity contribution >= 4 is 54.8 Å². The summed E-state index contributed by atoms with van der Waals surface area (Å²) in [6.45, 7) is 1.73. The third kappa shape index (κ3) is 3.51. The van der Waals surface area contributed by atoms with Crippen molar-refractivity contribution in [2.75, 3.05) is 10.6 Å². The van der Waals surface area contributed by atoms with Gasteiger partial charge in [0, 0.05) is 6.07 Å². The van der Waals surface area contributed by atoms with E-state index in [0.717, 1.165) is 34.8 Å². The van der Waals surface area contributed by atoms with Gasteiger partial charge in [-0.2, -0.15) is 0 Å². The molecule has 2 N–H and O–H groups in total. The number of halogens is 2. The zero-order valence-corrected chi connectivity index (χ0v) is 15.8. The average molecular weight is 419 g/mol. The second-order valence-corrected chi connectivity index (χ2v) is 7.84. The predicted octanol–water partition coefficient (Wildman–Crippen LogP) is 5.04. The normalized spacial score (nSPS) is 11.0. The number of carbonyl (C=O) groups excluding carboxylic acids is 2. The second kappa shape index (κ2) is 7.13. The zero-order valence-electron chi connectivity index (χ0n) is 14.2. The quantitative estimate of drug-likeness (QED) is 0.485. The molecule has 0 radical (unpaired) electrons. The standard InChI is InChI=1S/C18H11F2N3O3S2/c1-8-5-14(22-16(24)12-3-2-4-26-12)28-15(8)17(25)23-18-21-11-6-9(19)10(20)7-13(11)27-18/h2-7H,1H3,(H,22,24)(H,21,23,25). The molecule has 4 aromatic rings. The molecule has 0 aliphatic heterocycles. The van der Waals surface area contributed by atoms with E-state index in [2.05, 4.69) is 15.6 Å². The van der Waals surface area contributed by atoms with Crippen LogP contribution < -0.4 is 10.6 Å². The van der Waals surface area contributed by atoms with E-state index in [1.165, 1.54) is 12.3 Å². The highest BCUT2D eigenvalue weighted by molar-refractivity contribution is 7.22. The SMILES string of the molecule is Cc1cc(NC(=O)c2ccco2)sc1C(=O)Nc1nc2cc(F)c(F)cc2s1. The zero-order chi connectivity index (χ0) is 19.8. The van der Waals surface area contributed by atoms with Crippen molar-refractivity contribution in [3.05, 3.63) is 64.4 Å². The van der Waals surface area contributed by atoms with Crippen LogP contribution in [0.25, 0.3) is 10.2 Å². The first-order valence-corrected chi connectivity index (χ1v) is 9.56. The Labute approximate surface area is 164 Å². The largest absolute Gasteiger partial charge is 0.459 e. The van der Waals surface area contributed by atoms with Crippen molar-refractivity contribution in [2.45, 2.75) is 6.92 Å². The van der Waals surface area contributed by atoms with Crippen LogP contribution in [0, 0.1) is 18.6 Å². The van der Waals surface area contributed by atoms with Crippen LogP contribution in [0.1, 0.15) is 25.8 Å². The molecule has 0 aliphatic carbocycles. The predicted molar refractivity (Wildman–Crippen MR) is 103 cm³/mol. The maximum absolute atomic E-state index is 13.3. The maximum Gasteiger partial charge on any atom is 0.291 e. The number of carbonyl (C=O) groups is 2. The van der Waals surface area contributed by atoms with E-state index in [1.54, 1.807) is 19.1 Å². The molecular formula is C18H11F2N3O3S2. The van der Waals surface area contributed by atoms with Crippen molar-refractivity contribution in [2.24, 2.45) is 0 Å². The Kier molecular flexibility index (Phi) is 4.65. The average Bonchev–Trinajstić information content (AvgIpc) is 3.35. The number of thiazole rings is 1. The minimum Gasteiger partial charge on any atom is -0.459 e. The Morgan fingerprint density at radius 1 is 1.07 bits per heavy atom. The van der Waals surface area contributed by atoms with Crippen LogP contribution in [-0.2, 0) is 0 Å². The van der Waals surface area contributed by atoms with Crippen LogP contribution in [0.2, 0.25) is 0 Å². The lowest BCUT2D eigenvalue weighted by molar-refractivity contribution is 0.0995. The number of fused-ring (bicyclic) bond motifs is 1. The first-order valence-electron chi connectivity index (χ1n) is 7.93. The lowest BCUT2D eigenvalue weighted by atomic mass is 10.3. The molecule has 4 rings (SSSR count). The number of aryl methyl sites for hydroxylation is 1. The first-order chi connectivity index (χ1) is 13.4. The van der Waals surface area contributed by atoms with E-state index in [9.17, 15) is 18.4 Å². The molecule has 3 aromatic heterocycles. The van der Waals surface area contributed by atoms with Crippen LogP contribution in [0.15, 0.2) is 41.0 Å². The molecule has 0 saturated carbocycles. The Hall–Kier alpha value is -3.11. The van der Waals surface area contributed by atoms with Crippen molar-refractivity contribution in [3.63, 3.8) is 0 Å². The number of thiophene rings is 1. The number of anilines is 2. The van der Waals surface area contributed by atoms with Gasteiger partial charge in [-0.15, -0.1) is 11.3 Å². The molecule has 142 valence electrons. The van der Waals surface area contributed by atoms with Gasteiger partial charge in [-0.25, -0.2) is 13.8 Å². The minimum atomic E-state index is -0.998. The van der Waals surface area contributed by atoms with Gasteiger partial charge in [0.15, 0.2) is 22.5 Å². The van der Waals surface area contributed by atoms with E-state index in [0.29, 0.717) is 20.1 Å². The van der Waals surface area contributed by atoms with E-state index >= 15 is 0 Å². The summed E-state index contributed by atoms with van der Waals surface area (Å²) in [6, 6.07) is 6.82. The Morgan fingerprint density at radius 2 is 1.86 bits per heavy atom. The summed E-state index contributed by atoms with van der Waals surface area (Å²) in [4.78, 5) is 29.1. The van der Waals surface area contributed by atoms with Gasteiger partial charge in [-0.1, -0.05) is 11.3 Å². The number of hydrogen-bond acceptors (Lipinski definition) is 6. The molecule has 3 heterocycles. The van der Waals surface area contributed by atoms with Crippen molar-refractivity contribution in [1.82, 2.24) is 4.98 Å². The van der Waals surface area contributed by atoms with Crippen LogP contribution in [0.4, 0.5) is 18.9 Å². The first kappa shape index (κ1) is 18.3. The lowest BCUT2D eigenvalue weighted by Gasteiger charge is -2.00. The number of hydrogen-bond donors (Lipinski definition) is 2. The van der Waals surface area contributed by atoms with Gasteiger partial charge in [0.25, 0.3) is 11.8 Å². The van der Waals surface area contributed by atoms with Crippen LogP contribution in [0.5, 0.6) is 0 Å². The second-order valence-electron chi connectivity index (χ2n) is 5.76. The van der Waals surface area contributed by atoms with Crippen molar-refractivity contribution in [3.8, 4) is 0 Å². The van der Waals surface area contributed by atoms with E-state index in [1.807, 2.05) is 0 Å². The molecule has 28 heavy (non-hydrogen) atoms. The third-order valence-electron chi connectivity index (χ3n) is 3.76. The number of rotatable bonds is 4. The lowest BCUT2D eigenvalue weighted by Crippen LogP contribution is -2.11. The summed E-state index contributed by atoms with van der Waals surface area (Å²) in [5.41, 5.74) is 0.920. The van der Waals surface area contributed by atoms with E-state index < -0.39 is 23.4 Å². The summed E-state index contributed by atoms with van der Waals surface area (Å²) in [7, 11) is 0. The molecule has 6 nitrogen and oxygen atoms in total. The molecule has 0 bridgehead atoms. The van der Waals surface area contributed by atoms with Crippen molar-refractivity contribution < 1.29 is 22.8 Å². The highest BCUT2D eigenvalue weighted by atomic mass is 32.1. The summed E-state index contributed by atoms with van der Waals surface area (Å²) in [6.07, 6.45) is 1.39. The number of nitrogens with zero attached hydrogens (tertiary/aromatic N) is 1. The molecule has 2 amide bonds. The van der Waals surface area contributed by atoms with Crippen LogP contribution in [-0.4, -0.2) is 16.8 Å². The Morgan fingerprint density at radius 3 is 2.61 bits per heavy atom. The van der Waals surface area contributed by atoms with Crippen molar-refractivity contribution in [1.29, 1.82) is 0 Å². The fourth-order valence-electron chi connectivity index (χ4n) is 2.48. The molecule has 0 spiro atoms. The van der Waals surface area contributed by atoms with E-state index in [-0.39, 0.29) is 16.4 Å². The molecule has 0 unspecified atom stereocenters. The summed E-state index contributed by atoms with van der Waals surface area (Å²) in [5, 5.41) is 6.00. The number of furan rings is 1. The number of aromatic nitrogens is 1. The molecule has 0 atom stereocenters. The molecule has 10 heteroatoms. The number of benzene rings is 1. The minimum absolute atomic E-state index is 0.158. The molecule has 0 saturated heterocycles. The van der Waals surface area contributed by atoms with Gasteiger partial charge in [0.05, 0.1) is 26.4 Å². The highest BCUT2D eigenvalue weighted by Gasteiger charge is 2.18. The molecular weight excluding hydrogens is 408 g/mol. The molecule has 1 aromatic carbocycles. The van der Waals surface area contributed by atoms with E-state index in [4.69, 9.17) is 4.42 Å². The Bertz CT molecular complexity index is 1160.